The third kappa shape index (κ3) is 19.4. The van der Waals surface area contributed by atoms with Crippen molar-refractivity contribution in [3.05, 3.63) is 24.3 Å². The van der Waals surface area contributed by atoms with E-state index in [9.17, 15) is 9.59 Å². The molecule has 0 amide bonds. The molecule has 0 aromatic heterocycles. The maximum absolute atomic E-state index is 12.5. The summed E-state index contributed by atoms with van der Waals surface area (Å²) in [5.41, 5.74) is -0.870. The molecule has 3 heteroatoms. The predicted molar refractivity (Wildman–Crippen MR) is 168 cm³/mol. The topological polar surface area (TPSA) is 43.4 Å². The highest BCUT2D eigenvalue weighted by molar-refractivity contribution is 6.00. The lowest BCUT2D eigenvalue weighted by Gasteiger charge is -2.14. The van der Waals surface area contributed by atoms with Gasteiger partial charge >= 0.3 is 11.9 Å². The van der Waals surface area contributed by atoms with Gasteiger partial charge in [-0.25, -0.2) is 0 Å². The summed E-state index contributed by atoms with van der Waals surface area (Å²) in [5.74, 6) is -0.797. The molecule has 3 nitrogen and oxygen atoms in total. The van der Waals surface area contributed by atoms with Crippen molar-refractivity contribution in [1.82, 2.24) is 0 Å². The van der Waals surface area contributed by atoms with E-state index < -0.39 is 17.4 Å². The molecule has 1 rings (SSSR count). The van der Waals surface area contributed by atoms with Gasteiger partial charge in [0, 0.05) is 0 Å². The van der Waals surface area contributed by atoms with Crippen LogP contribution in [0, 0.1) is 5.41 Å². The summed E-state index contributed by atoms with van der Waals surface area (Å²) in [6.07, 6.45) is 42.4. The molecule has 0 saturated carbocycles. The van der Waals surface area contributed by atoms with Crippen molar-refractivity contribution in [3.8, 4) is 0 Å². The summed E-state index contributed by atoms with van der Waals surface area (Å²) in [5, 5.41) is 0. The predicted octanol–water partition coefficient (Wildman–Crippen LogP) is 11.7. The fourth-order valence-corrected chi connectivity index (χ4v) is 5.65. The molecule has 1 heterocycles. The summed E-state index contributed by atoms with van der Waals surface area (Å²) in [4.78, 5) is 24.3. The number of esters is 2. The minimum Gasteiger partial charge on any atom is -0.392 e. The molecule has 39 heavy (non-hydrogen) atoms. The van der Waals surface area contributed by atoms with Crippen LogP contribution in [0.25, 0.3) is 0 Å². The first kappa shape index (κ1) is 35.6. The number of carbonyl (C=O) groups excluding carboxylic acids is 2. The van der Waals surface area contributed by atoms with Crippen molar-refractivity contribution in [1.29, 1.82) is 0 Å². The van der Waals surface area contributed by atoms with Gasteiger partial charge in [0.15, 0.2) is 0 Å². The van der Waals surface area contributed by atoms with Gasteiger partial charge in [0.2, 0.25) is 0 Å². The first-order valence-corrected chi connectivity index (χ1v) is 17.2. The molecular weight excluding hydrogens is 480 g/mol. The zero-order valence-corrected chi connectivity index (χ0v) is 26.1. The summed E-state index contributed by atoms with van der Waals surface area (Å²) in [7, 11) is 0. The van der Waals surface area contributed by atoms with Gasteiger partial charge < -0.3 is 4.74 Å². The summed E-state index contributed by atoms with van der Waals surface area (Å²) in [6, 6.07) is 0. The van der Waals surface area contributed by atoms with Gasteiger partial charge in [-0.1, -0.05) is 179 Å². The van der Waals surface area contributed by atoms with Crippen LogP contribution in [-0.4, -0.2) is 11.9 Å². The largest absolute Gasteiger partial charge is 0.392 e. The van der Waals surface area contributed by atoms with Gasteiger partial charge in [0.1, 0.15) is 5.41 Å². The van der Waals surface area contributed by atoms with Gasteiger partial charge in [0.25, 0.3) is 0 Å². The molecule has 1 aliphatic rings. The van der Waals surface area contributed by atoms with Crippen molar-refractivity contribution in [2.24, 2.45) is 5.41 Å². The molecule has 1 saturated heterocycles. The van der Waals surface area contributed by atoms with E-state index in [-0.39, 0.29) is 6.42 Å². The van der Waals surface area contributed by atoms with E-state index in [1.165, 1.54) is 141 Å². The van der Waals surface area contributed by atoms with Crippen molar-refractivity contribution in [2.45, 2.75) is 187 Å². The van der Waals surface area contributed by atoms with Crippen molar-refractivity contribution < 1.29 is 14.3 Å². The molecule has 0 atom stereocenters. The van der Waals surface area contributed by atoms with Crippen LogP contribution in [0.1, 0.15) is 187 Å². The van der Waals surface area contributed by atoms with E-state index in [4.69, 9.17) is 4.74 Å². The maximum Gasteiger partial charge on any atom is 0.328 e. The fourth-order valence-electron chi connectivity index (χ4n) is 5.65. The lowest BCUT2D eigenvalue weighted by molar-refractivity contribution is -0.153. The van der Waals surface area contributed by atoms with Crippen LogP contribution in [-0.2, 0) is 14.3 Å². The maximum atomic E-state index is 12.5. The fraction of sp³-hybridized carbons (Fsp3) is 0.833. The molecule has 0 aromatic rings. The highest BCUT2D eigenvalue weighted by Gasteiger charge is 2.45. The van der Waals surface area contributed by atoms with Crippen molar-refractivity contribution in [3.63, 3.8) is 0 Å². The Bertz CT molecular complexity index is 610. The number of allylic oxidation sites excluding steroid dienone is 2. The molecule has 0 N–H and O–H groups in total. The van der Waals surface area contributed by atoms with E-state index in [1.807, 2.05) is 12.2 Å². The summed E-state index contributed by atoms with van der Waals surface area (Å²) >= 11 is 0. The minimum atomic E-state index is -0.870. The second-order valence-corrected chi connectivity index (χ2v) is 12.1. The molecular formula is C36H64O3. The minimum absolute atomic E-state index is 0.149. The highest BCUT2D eigenvalue weighted by Crippen LogP contribution is 2.35. The Morgan fingerprint density at radius 1 is 0.513 bits per heavy atom. The lowest BCUT2D eigenvalue weighted by atomic mass is 9.84. The van der Waals surface area contributed by atoms with Gasteiger partial charge in [-0.05, 0) is 25.7 Å². The Balaban J connectivity index is 2.12. The number of hydrogen-bond donors (Lipinski definition) is 0. The van der Waals surface area contributed by atoms with E-state index in [0.29, 0.717) is 0 Å². The highest BCUT2D eigenvalue weighted by atomic mass is 16.6. The number of carbonyl (C=O) groups is 2. The van der Waals surface area contributed by atoms with Crippen LogP contribution < -0.4 is 0 Å². The monoisotopic (exact) mass is 544 g/mol. The molecule has 0 spiro atoms. The van der Waals surface area contributed by atoms with Crippen LogP contribution >= 0.6 is 0 Å². The molecule has 0 aromatic carbocycles. The first-order chi connectivity index (χ1) is 19.1. The number of unbranched alkanes of at least 4 members (excludes halogenated alkanes) is 24. The second kappa shape index (κ2) is 25.6. The average molecular weight is 545 g/mol. The second-order valence-electron chi connectivity index (χ2n) is 12.1. The molecule has 0 aliphatic carbocycles. The SMILES string of the molecule is CCCCCCCCCCCCCCC=CC1(C=CCCCCCCCCCCCCCC)CC(=O)OC1=O. The van der Waals surface area contributed by atoms with E-state index in [1.54, 1.807) is 0 Å². The molecule has 0 radical (unpaired) electrons. The van der Waals surface area contributed by atoms with Crippen LogP contribution in [0.15, 0.2) is 24.3 Å². The molecule has 0 bridgehead atoms. The van der Waals surface area contributed by atoms with Gasteiger partial charge in [-0.2, -0.15) is 0 Å². The normalized spacial score (nSPS) is 17.7. The smallest absolute Gasteiger partial charge is 0.328 e. The zero-order chi connectivity index (χ0) is 28.3. The van der Waals surface area contributed by atoms with Gasteiger partial charge in [-0.15, -0.1) is 0 Å². The quantitative estimate of drug-likeness (QED) is 0.0426. The molecule has 1 aliphatic heterocycles. The lowest BCUT2D eigenvalue weighted by Crippen LogP contribution is -2.21. The van der Waals surface area contributed by atoms with Gasteiger partial charge in [0.05, 0.1) is 6.42 Å². The number of hydrogen-bond acceptors (Lipinski definition) is 3. The summed E-state index contributed by atoms with van der Waals surface area (Å²) < 4.78 is 4.94. The Kier molecular flexibility index (Phi) is 23.4. The van der Waals surface area contributed by atoms with Crippen LogP contribution in [0.5, 0.6) is 0 Å². The van der Waals surface area contributed by atoms with Gasteiger partial charge in [-0.3, -0.25) is 9.59 Å². The molecule has 226 valence electrons. The first-order valence-electron chi connectivity index (χ1n) is 17.2. The molecule has 0 unspecified atom stereocenters. The van der Waals surface area contributed by atoms with Crippen LogP contribution in [0.4, 0.5) is 0 Å². The summed E-state index contributed by atoms with van der Waals surface area (Å²) in [6.45, 7) is 4.55. The number of ether oxygens (including phenoxy) is 1. The number of cyclic esters (lactones) is 2. The van der Waals surface area contributed by atoms with Crippen LogP contribution in [0.2, 0.25) is 0 Å². The Morgan fingerprint density at radius 2 is 0.821 bits per heavy atom. The van der Waals surface area contributed by atoms with E-state index in [2.05, 4.69) is 26.0 Å². The van der Waals surface area contributed by atoms with E-state index in [0.717, 1.165) is 25.7 Å². The third-order valence-electron chi connectivity index (χ3n) is 8.30. The standard InChI is InChI=1S/C36H64O3/c1-3-5-7-9-11-13-15-17-19-21-23-25-27-29-31-36(33-34(37)39-35(36)38)32-30-28-26-24-22-20-18-16-14-12-10-8-6-4-2/h29-32H,3-28,33H2,1-2H3. The Labute approximate surface area is 243 Å². The van der Waals surface area contributed by atoms with Crippen molar-refractivity contribution in [2.75, 3.05) is 0 Å². The zero-order valence-electron chi connectivity index (χ0n) is 26.1. The third-order valence-corrected chi connectivity index (χ3v) is 8.30. The Hall–Kier alpha value is -1.38. The van der Waals surface area contributed by atoms with Crippen molar-refractivity contribution >= 4 is 11.9 Å². The van der Waals surface area contributed by atoms with Crippen LogP contribution in [0.3, 0.4) is 0 Å². The average Bonchev–Trinajstić information content (AvgIpc) is 3.21. The van der Waals surface area contributed by atoms with E-state index >= 15 is 0 Å². The Morgan fingerprint density at radius 3 is 1.10 bits per heavy atom. The molecule has 1 fully saturated rings. The number of rotatable bonds is 28.